The zero-order valence-corrected chi connectivity index (χ0v) is 10.8. The Hall–Kier alpha value is -1.77. The van der Waals surface area contributed by atoms with Crippen molar-refractivity contribution in [1.29, 1.82) is 0 Å². The van der Waals surface area contributed by atoms with Crippen molar-refractivity contribution < 1.29 is 4.74 Å². The minimum Gasteiger partial charge on any atom is -0.495 e. The minimum atomic E-state index is 0.190. The molecule has 0 aliphatic heterocycles. The summed E-state index contributed by atoms with van der Waals surface area (Å²) in [6.07, 6.45) is 4.14. The molecule has 0 radical (unpaired) electrons. The lowest BCUT2D eigenvalue weighted by atomic mass is 9.93. The van der Waals surface area contributed by atoms with Crippen LogP contribution in [0.1, 0.15) is 29.7 Å². The molecule has 1 aliphatic carbocycles. The monoisotopic (exact) mass is 243 g/mol. The van der Waals surface area contributed by atoms with Gasteiger partial charge in [0, 0.05) is 11.3 Å². The molecule has 1 aromatic carbocycles. The molecule has 3 nitrogen and oxygen atoms in total. The largest absolute Gasteiger partial charge is 0.495 e. The van der Waals surface area contributed by atoms with E-state index < -0.39 is 0 Å². The Morgan fingerprint density at radius 3 is 2.78 bits per heavy atom. The normalized spacial score (nSPS) is 14.6. The second-order valence-corrected chi connectivity index (χ2v) is 4.95. The molecule has 1 heterocycles. The maximum absolute atomic E-state index is 12.6. The van der Waals surface area contributed by atoms with E-state index in [9.17, 15) is 4.79 Å². The first-order chi connectivity index (χ1) is 8.72. The molecule has 1 N–H and O–H groups in total. The Bertz CT molecular complexity index is 670. The fraction of sp³-hybridized carbons (Fsp3) is 0.400. The van der Waals surface area contributed by atoms with E-state index in [1.54, 1.807) is 7.11 Å². The fourth-order valence-corrected chi connectivity index (χ4v) is 2.87. The van der Waals surface area contributed by atoms with Gasteiger partial charge in [-0.3, -0.25) is 4.79 Å². The van der Waals surface area contributed by atoms with Gasteiger partial charge in [0.2, 0.25) is 0 Å². The first-order valence-electron chi connectivity index (χ1n) is 6.43. The summed E-state index contributed by atoms with van der Waals surface area (Å²) in [6.45, 7) is 1.98. The van der Waals surface area contributed by atoms with E-state index >= 15 is 0 Å². The zero-order chi connectivity index (χ0) is 12.7. The standard InChI is InChI=1S/C15H17NO2/c1-9-7-8-12(18-2)14-13(9)15(17)10-5-3-4-6-11(10)16-14/h7-8H,3-6H2,1-2H3,(H,16,17). The highest BCUT2D eigenvalue weighted by molar-refractivity contribution is 5.88. The highest BCUT2D eigenvalue weighted by Crippen LogP contribution is 2.27. The van der Waals surface area contributed by atoms with Gasteiger partial charge >= 0.3 is 0 Å². The molecule has 0 saturated carbocycles. The van der Waals surface area contributed by atoms with Crippen LogP contribution in [0, 0.1) is 6.92 Å². The van der Waals surface area contributed by atoms with Crippen molar-refractivity contribution >= 4 is 10.9 Å². The third-order valence-electron chi connectivity index (χ3n) is 3.84. The number of hydrogen-bond acceptors (Lipinski definition) is 2. The van der Waals surface area contributed by atoms with Crippen LogP contribution in [0.15, 0.2) is 16.9 Å². The Morgan fingerprint density at radius 1 is 1.22 bits per heavy atom. The van der Waals surface area contributed by atoms with E-state index in [4.69, 9.17) is 4.74 Å². The molecule has 0 bridgehead atoms. The average Bonchev–Trinajstić information content (AvgIpc) is 2.39. The van der Waals surface area contributed by atoms with Crippen molar-refractivity contribution in [2.24, 2.45) is 0 Å². The summed E-state index contributed by atoms with van der Waals surface area (Å²) in [5.74, 6) is 0.751. The van der Waals surface area contributed by atoms with Gasteiger partial charge < -0.3 is 9.72 Å². The van der Waals surface area contributed by atoms with E-state index in [2.05, 4.69) is 4.98 Å². The molecule has 3 rings (SSSR count). The maximum Gasteiger partial charge on any atom is 0.193 e. The van der Waals surface area contributed by atoms with Crippen LogP contribution in [0.5, 0.6) is 5.75 Å². The highest BCUT2D eigenvalue weighted by Gasteiger charge is 2.18. The van der Waals surface area contributed by atoms with Gasteiger partial charge in [0.05, 0.1) is 18.0 Å². The quantitative estimate of drug-likeness (QED) is 0.836. The van der Waals surface area contributed by atoms with E-state index in [0.29, 0.717) is 0 Å². The molecule has 94 valence electrons. The SMILES string of the molecule is COc1ccc(C)c2c(=O)c3c([nH]c12)CCCC3. The average molecular weight is 243 g/mol. The van der Waals surface area contributed by atoms with Crippen LogP contribution in [0.2, 0.25) is 0 Å². The number of nitrogens with one attached hydrogen (secondary N) is 1. The van der Waals surface area contributed by atoms with Gasteiger partial charge in [-0.15, -0.1) is 0 Å². The summed E-state index contributed by atoms with van der Waals surface area (Å²) in [6, 6.07) is 3.87. The highest BCUT2D eigenvalue weighted by atomic mass is 16.5. The molecular formula is C15H17NO2. The molecule has 2 aromatic rings. The van der Waals surface area contributed by atoms with Crippen LogP contribution < -0.4 is 10.2 Å². The summed E-state index contributed by atoms with van der Waals surface area (Å²) in [5, 5.41) is 0.787. The van der Waals surface area contributed by atoms with Gasteiger partial charge in [0.25, 0.3) is 0 Å². The molecular weight excluding hydrogens is 226 g/mol. The fourth-order valence-electron chi connectivity index (χ4n) is 2.87. The Kier molecular flexibility index (Phi) is 2.62. The maximum atomic E-state index is 12.6. The summed E-state index contributed by atoms with van der Waals surface area (Å²) >= 11 is 0. The molecule has 0 atom stereocenters. The third kappa shape index (κ3) is 1.54. The number of methoxy groups -OCH3 is 1. The van der Waals surface area contributed by atoms with E-state index in [0.717, 1.165) is 59.2 Å². The van der Waals surface area contributed by atoms with Crippen LogP contribution in [0.25, 0.3) is 10.9 Å². The molecule has 0 amide bonds. The molecule has 1 aromatic heterocycles. The molecule has 3 heteroatoms. The number of pyridine rings is 1. The lowest BCUT2D eigenvalue weighted by Crippen LogP contribution is -2.19. The second-order valence-electron chi connectivity index (χ2n) is 4.95. The molecule has 0 unspecified atom stereocenters. The van der Waals surface area contributed by atoms with Gasteiger partial charge in [0.15, 0.2) is 5.43 Å². The number of fused-ring (bicyclic) bond motifs is 2. The van der Waals surface area contributed by atoms with Crippen molar-refractivity contribution in [2.75, 3.05) is 7.11 Å². The molecule has 18 heavy (non-hydrogen) atoms. The van der Waals surface area contributed by atoms with Gasteiger partial charge in [0.1, 0.15) is 5.75 Å². The van der Waals surface area contributed by atoms with Gasteiger partial charge in [-0.25, -0.2) is 0 Å². The molecule has 0 saturated heterocycles. The number of aromatic amines is 1. The first kappa shape index (κ1) is 11.3. The van der Waals surface area contributed by atoms with Crippen LogP contribution in [0.4, 0.5) is 0 Å². The summed E-state index contributed by atoms with van der Waals surface area (Å²) < 4.78 is 5.36. The third-order valence-corrected chi connectivity index (χ3v) is 3.84. The van der Waals surface area contributed by atoms with Crippen molar-refractivity contribution in [1.82, 2.24) is 4.98 Å². The van der Waals surface area contributed by atoms with Crippen molar-refractivity contribution in [3.63, 3.8) is 0 Å². The predicted molar refractivity (Wildman–Crippen MR) is 72.5 cm³/mol. The molecule has 1 aliphatic rings. The predicted octanol–water partition coefficient (Wildman–Crippen LogP) is 2.72. The van der Waals surface area contributed by atoms with Crippen LogP contribution in [0.3, 0.4) is 0 Å². The van der Waals surface area contributed by atoms with Crippen LogP contribution in [-0.4, -0.2) is 12.1 Å². The molecule has 0 fully saturated rings. The lowest BCUT2D eigenvalue weighted by molar-refractivity contribution is 0.418. The summed E-state index contributed by atoms with van der Waals surface area (Å²) in [7, 11) is 1.64. The topological polar surface area (TPSA) is 42.1 Å². The number of hydrogen-bond donors (Lipinski definition) is 1. The summed E-state index contributed by atoms with van der Waals surface area (Å²) in [4.78, 5) is 16.0. The van der Waals surface area contributed by atoms with Crippen molar-refractivity contribution in [2.45, 2.75) is 32.6 Å². The van der Waals surface area contributed by atoms with Crippen LogP contribution >= 0.6 is 0 Å². The van der Waals surface area contributed by atoms with Crippen molar-refractivity contribution in [3.8, 4) is 5.75 Å². The zero-order valence-electron chi connectivity index (χ0n) is 10.8. The smallest absolute Gasteiger partial charge is 0.193 e. The van der Waals surface area contributed by atoms with Crippen molar-refractivity contribution in [3.05, 3.63) is 39.2 Å². The number of aromatic nitrogens is 1. The second kappa shape index (κ2) is 4.16. The van der Waals surface area contributed by atoms with Gasteiger partial charge in [-0.05, 0) is 44.2 Å². The van der Waals surface area contributed by atoms with Gasteiger partial charge in [-0.1, -0.05) is 6.07 Å². The number of H-pyrrole nitrogens is 1. The Morgan fingerprint density at radius 2 is 2.00 bits per heavy atom. The number of benzene rings is 1. The molecule has 0 spiro atoms. The van der Waals surface area contributed by atoms with Gasteiger partial charge in [-0.2, -0.15) is 0 Å². The first-order valence-corrected chi connectivity index (χ1v) is 6.43. The Labute approximate surface area is 106 Å². The van der Waals surface area contributed by atoms with E-state index in [1.807, 2.05) is 19.1 Å². The minimum absolute atomic E-state index is 0.190. The van der Waals surface area contributed by atoms with E-state index in [1.165, 1.54) is 0 Å². The Balaban J connectivity index is 2.45. The van der Waals surface area contributed by atoms with E-state index in [-0.39, 0.29) is 5.43 Å². The van der Waals surface area contributed by atoms with Crippen LogP contribution in [-0.2, 0) is 12.8 Å². The lowest BCUT2D eigenvalue weighted by Gasteiger charge is -2.17. The number of aryl methyl sites for hydroxylation is 2. The summed E-state index contributed by atoms with van der Waals surface area (Å²) in [5.41, 5.74) is 4.13. The number of ether oxygens (including phenoxy) is 1. The number of rotatable bonds is 1.